The molecular formula is C11H13FN4O2S2. The van der Waals surface area contributed by atoms with Gasteiger partial charge in [-0.25, -0.2) is 12.8 Å². The van der Waals surface area contributed by atoms with E-state index in [1.807, 2.05) is 6.92 Å². The Labute approximate surface area is 120 Å². The van der Waals surface area contributed by atoms with E-state index in [0.29, 0.717) is 12.1 Å². The van der Waals surface area contributed by atoms with Gasteiger partial charge in [0.05, 0.1) is 0 Å². The zero-order valence-corrected chi connectivity index (χ0v) is 12.3. The number of rotatable bonds is 6. The van der Waals surface area contributed by atoms with Crippen molar-refractivity contribution in [2.45, 2.75) is 18.4 Å². The highest BCUT2D eigenvalue weighted by Gasteiger charge is 2.20. The van der Waals surface area contributed by atoms with Gasteiger partial charge in [-0.3, -0.25) is 4.72 Å². The van der Waals surface area contributed by atoms with Crippen LogP contribution in [0.25, 0.3) is 0 Å². The van der Waals surface area contributed by atoms with E-state index in [-0.39, 0.29) is 5.13 Å². The molecule has 2 rings (SSSR count). The first-order valence-electron chi connectivity index (χ1n) is 5.81. The Kier molecular flexibility index (Phi) is 4.63. The maximum Gasteiger partial charge on any atom is 0.266 e. The summed E-state index contributed by atoms with van der Waals surface area (Å²) in [4.78, 5) is -0.400. The number of hydrogen-bond donors (Lipinski definition) is 2. The average Bonchev–Trinajstić information content (AvgIpc) is 2.89. The molecule has 6 nitrogen and oxygen atoms in total. The van der Waals surface area contributed by atoms with Gasteiger partial charge in [0, 0.05) is 6.54 Å². The Morgan fingerprint density at radius 2 is 2.20 bits per heavy atom. The summed E-state index contributed by atoms with van der Waals surface area (Å²) in [5.41, 5.74) is 2.07. The Morgan fingerprint density at radius 3 is 2.85 bits per heavy atom. The van der Waals surface area contributed by atoms with Crippen molar-refractivity contribution in [3.05, 3.63) is 35.1 Å². The lowest BCUT2D eigenvalue weighted by atomic mass is 10.2. The Bertz CT molecular complexity index is 674. The Hall–Kier alpha value is -1.58. The summed E-state index contributed by atoms with van der Waals surface area (Å²) in [7, 11) is -4.01. The van der Waals surface area contributed by atoms with E-state index in [1.54, 1.807) is 6.07 Å². The molecular weight excluding hydrogens is 303 g/mol. The molecule has 0 saturated carbocycles. The zero-order valence-electron chi connectivity index (χ0n) is 10.6. The van der Waals surface area contributed by atoms with Crippen LogP contribution in [0.5, 0.6) is 0 Å². The third kappa shape index (κ3) is 3.50. The van der Waals surface area contributed by atoms with Crippen LogP contribution in [0.1, 0.15) is 12.5 Å². The van der Waals surface area contributed by atoms with E-state index < -0.39 is 20.7 Å². The van der Waals surface area contributed by atoms with Crippen LogP contribution < -0.4 is 10.0 Å². The van der Waals surface area contributed by atoms with Gasteiger partial charge in [0.2, 0.25) is 5.13 Å². The van der Waals surface area contributed by atoms with E-state index >= 15 is 0 Å². The topological polar surface area (TPSA) is 84.0 Å². The lowest BCUT2D eigenvalue weighted by Crippen LogP contribution is -2.16. The van der Waals surface area contributed by atoms with Gasteiger partial charge in [0.15, 0.2) is 0 Å². The van der Waals surface area contributed by atoms with Gasteiger partial charge in [-0.05, 0) is 24.2 Å². The second kappa shape index (κ2) is 6.25. The van der Waals surface area contributed by atoms with Crippen LogP contribution in [0.2, 0.25) is 0 Å². The molecule has 108 valence electrons. The molecule has 0 amide bonds. The molecule has 0 fully saturated rings. The third-order valence-electron chi connectivity index (χ3n) is 2.45. The molecule has 0 saturated heterocycles. The first-order valence-corrected chi connectivity index (χ1v) is 8.17. The SMILES string of the molecule is CCNCc1ccc(F)c(S(=O)(=O)Nc2nncs2)c1. The van der Waals surface area contributed by atoms with E-state index in [1.165, 1.54) is 11.6 Å². The molecule has 0 aliphatic heterocycles. The van der Waals surface area contributed by atoms with Gasteiger partial charge in [-0.1, -0.05) is 24.3 Å². The molecule has 0 aliphatic rings. The molecule has 9 heteroatoms. The molecule has 0 aliphatic carbocycles. The zero-order chi connectivity index (χ0) is 14.6. The summed E-state index contributed by atoms with van der Waals surface area (Å²) in [6.07, 6.45) is 0. The summed E-state index contributed by atoms with van der Waals surface area (Å²) in [6, 6.07) is 3.99. The fourth-order valence-corrected chi connectivity index (χ4v) is 3.34. The quantitative estimate of drug-likeness (QED) is 0.845. The van der Waals surface area contributed by atoms with E-state index in [2.05, 4.69) is 20.2 Å². The van der Waals surface area contributed by atoms with Gasteiger partial charge in [0.1, 0.15) is 16.2 Å². The van der Waals surface area contributed by atoms with Crippen molar-refractivity contribution in [1.29, 1.82) is 0 Å². The minimum atomic E-state index is -4.01. The largest absolute Gasteiger partial charge is 0.313 e. The fourth-order valence-electron chi connectivity index (χ4n) is 1.52. The molecule has 0 unspecified atom stereocenters. The smallest absolute Gasteiger partial charge is 0.266 e. The normalized spacial score (nSPS) is 11.5. The number of halogens is 1. The van der Waals surface area contributed by atoms with Crippen molar-refractivity contribution in [2.75, 3.05) is 11.3 Å². The number of benzene rings is 1. The average molecular weight is 316 g/mol. The van der Waals surface area contributed by atoms with Crippen molar-refractivity contribution in [2.24, 2.45) is 0 Å². The van der Waals surface area contributed by atoms with Crippen molar-refractivity contribution in [1.82, 2.24) is 15.5 Å². The summed E-state index contributed by atoms with van der Waals surface area (Å²) in [5.74, 6) is -0.803. The summed E-state index contributed by atoms with van der Waals surface area (Å²) < 4.78 is 40.2. The molecule has 20 heavy (non-hydrogen) atoms. The third-order valence-corrected chi connectivity index (χ3v) is 4.54. The second-order valence-corrected chi connectivity index (χ2v) is 6.38. The molecule has 0 atom stereocenters. The highest BCUT2D eigenvalue weighted by molar-refractivity contribution is 7.93. The number of nitrogens with one attached hydrogen (secondary N) is 2. The number of sulfonamides is 1. The van der Waals surface area contributed by atoms with E-state index in [9.17, 15) is 12.8 Å². The Morgan fingerprint density at radius 1 is 1.40 bits per heavy atom. The fraction of sp³-hybridized carbons (Fsp3) is 0.273. The molecule has 0 spiro atoms. The van der Waals surface area contributed by atoms with Crippen molar-refractivity contribution >= 4 is 26.5 Å². The van der Waals surface area contributed by atoms with Crippen LogP contribution in [0.4, 0.5) is 9.52 Å². The summed E-state index contributed by atoms with van der Waals surface area (Å²) in [6.45, 7) is 3.14. The first-order chi connectivity index (χ1) is 9.53. The molecule has 0 bridgehead atoms. The van der Waals surface area contributed by atoms with Gasteiger partial charge in [0.25, 0.3) is 10.0 Å². The minimum absolute atomic E-state index is 0.0986. The number of anilines is 1. The lowest BCUT2D eigenvalue weighted by molar-refractivity contribution is 0.568. The van der Waals surface area contributed by atoms with Crippen molar-refractivity contribution < 1.29 is 12.8 Å². The monoisotopic (exact) mass is 316 g/mol. The Balaban J connectivity index is 2.30. The number of nitrogens with zero attached hydrogens (tertiary/aromatic N) is 2. The highest BCUT2D eigenvalue weighted by atomic mass is 32.2. The van der Waals surface area contributed by atoms with Gasteiger partial charge in [-0.2, -0.15) is 0 Å². The van der Waals surface area contributed by atoms with Gasteiger partial charge in [-0.15, -0.1) is 10.2 Å². The van der Waals surface area contributed by atoms with Gasteiger partial charge >= 0.3 is 0 Å². The van der Waals surface area contributed by atoms with Crippen LogP contribution in [-0.2, 0) is 16.6 Å². The van der Waals surface area contributed by atoms with Crippen LogP contribution in [0.15, 0.2) is 28.6 Å². The van der Waals surface area contributed by atoms with Crippen LogP contribution in [0, 0.1) is 5.82 Å². The van der Waals surface area contributed by atoms with E-state index in [4.69, 9.17) is 0 Å². The summed E-state index contributed by atoms with van der Waals surface area (Å²) in [5, 5.41) is 10.2. The maximum atomic E-state index is 13.7. The predicted molar refractivity (Wildman–Crippen MR) is 74.5 cm³/mol. The number of aromatic nitrogens is 2. The van der Waals surface area contributed by atoms with Crippen LogP contribution in [-0.4, -0.2) is 25.2 Å². The van der Waals surface area contributed by atoms with Gasteiger partial charge < -0.3 is 5.32 Å². The molecule has 1 heterocycles. The molecule has 0 radical (unpaired) electrons. The van der Waals surface area contributed by atoms with Crippen molar-refractivity contribution in [3.63, 3.8) is 0 Å². The molecule has 2 N–H and O–H groups in total. The number of hydrogen-bond acceptors (Lipinski definition) is 6. The summed E-state index contributed by atoms with van der Waals surface area (Å²) >= 11 is 1.02. The maximum absolute atomic E-state index is 13.7. The van der Waals surface area contributed by atoms with Crippen molar-refractivity contribution in [3.8, 4) is 0 Å². The highest BCUT2D eigenvalue weighted by Crippen LogP contribution is 2.20. The van der Waals surface area contributed by atoms with E-state index in [0.717, 1.165) is 23.9 Å². The van der Waals surface area contributed by atoms with Crippen LogP contribution in [0.3, 0.4) is 0 Å². The molecule has 2 aromatic rings. The molecule has 1 aromatic heterocycles. The molecule has 1 aromatic carbocycles. The lowest BCUT2D eigenvalue weighted by Gasteiger charge is -2.08. The second-order valence-electron chi connectivity index (χ2n) is 3.89. The minimum Gasteiger partial charge on any atom is -0.313 e. The standard InChI is InChI=1S/C11H13FN4O2S2/c1-2-13-6-8-3-4-9(12)10(5-8)20(17,18)16-11-15-14-7-19-11/h3-5,7,13H,2,6H2,1H3,(H,15,16). The van der Waals surface area contributed by atoms with Crippen LogP contribution >= 0.6 is 11.3 Å². The first kappa shape index (κ1) is 14.8. The predicted octanol–water partition coefficient (Wildman–Crippen LogP) is 1.59.